The maximum atomic E-state index is 12.2. The lowest BCUT2D eigenvalue weighted by atomic mass is 10.1. The first-order valence-corrected chi connectivity index (χ1v) is 7.73. The fourth-order valence-electron chi connectivity index (χ4n) is 2.19. The van der Waals surface area contributed by atoms with Gasteiger partial charge in [0.05, 0.1) is 17.8 Å². The van der Waals surface area contributed by atoms with Gasteiger partial charge in [-0.2, -0.15) is 13.9 Å². The standard InChI is InChI=1S/C17H23F2N3O2/c1-17(2,3)22-11-12(9-21-22)8-20-10-15(23)13-5-4-6-14(7-13)24-16(18)19/h4-7,9,11,15-16,20,23H,8,10H2,1-3H3. The minimum atomic E-state index is -2.88. The summed E-state index contributed by atoms with van der Waals surface area (Å²) in [5.41, 5.74) is 1.45. The summed E-state index contributed by atoms with van der Waals surface area (Å²) in [4.78, 5) is 0. The first-order chi connectivity index (χ1) is 11.3. The number of benzene rings is 1. The third kappa shape index (κ3) is 5.28. The number of hydrogen-bond donors (Lipinski definition) is 2. The van der Waals surface area contributed by atoms with E-state index in [-0.39, 0.29) is 11.3 Å². The number of nitrogens with one attached hydrogen (secondary N) is 1. The van der Waals surface area contributed by atoms with Crippen LogP contribution >= 0.6 is 0 Å². The fourth-order valence-corrected chi connectivity index (χ4v) is 2.19. The van der Waals surface area contributed by atoms with Gasteiger partial charge in [0.25, 0.3) is 0 Å². The molecule has 0 bridgehead atoms. The largest absolute Gasteiger partial charge is 0.435 e. The van der Waals surface area contributed by atoms with E-state index >= 15 is 0 Å². The second-order valence-corrected chi connectivity index (χ2v) is 6.56. The van der Waals surface area contributed by atoms with E-state index in [0.29, 0.717) is 18.7 Å². The molecule has 5 nitrogen and oxygen atoms in total. The molecule has 0 spiro atoms. The van der Waals surface area contributed by atoms with Crippen LogP contribution in [0.15, 0.2) is 36.7 Å². The second-order valence-electron chi connectivity index (χ2n) is 6.56. The van der Waals surface area contributed by atoms with Crippen molar-refractivity contribution in [1.82, 2.24) is 15.1 Å². The van der Waals surface area contributed by atoms with Crippen molar-refractivity contribution < 1.29 is 18.6 Å². The molecule has 1 atom stereocenters. The van der Waals surface area contributed by atoms with Crippen LogP contribution in [0.4, 0.5) is 8.78 Å². The predicted molar refractivity (Wildman–Crippen MR) is 87.0 cm³/mol. The van der Waals surface area contributed by atoms with E-state index < -0.39 is 12.7 Å². The van der Waals surface area contributed by atoms with Crippen LogP contribution in [0.3, 0.4) is 0 Å². The minimum Gasteiger partial charge on any atom is -0.435 e. The summed E-state index contributed by atoms with van der Waals surface area (Å²) < 4.78 is 30.7. The Kier molecular flexibility index (Phi) is 5.90. The summed E-state index contributed by atoms with van der Waals surface area (Å²) in [6.07, 6.45) is 2.92. The molecule has 2 N–H and O–H groups in total. The average Bonchev–Trinajstić information content (AvgIpc) is 2.95. The quantitative estimate of drug-likeness (QED) is 0.814. The molecule has 7 heteroatoms. The molecular weight excluding hydrogens is 316 g/mol. The number of aromatic nitrogens is 2. The summed E-state index contributed by atoms with van der Waals surface area (Å²) in [7, 11) is 0. The molecule has 2 rings (SSSR count). The lowest BCUT2D eigenvalue weighted by molar-refractivity contribution is -0.0499. The molecule has 1 aromatic heterocycles. The molecule has 2 aromatic rings. The molecule has 132 valence electrons. The highest BCUT2D eigenvalue weighted by molar-refractivity contribution is 5.30. The first kappa shape index (κ1) is 18.4. The summed E-state index contributed by atoms with van der Waals surface area (Å²) >= 11 is 0. The number of rotatable bonds is 7. The van der Waals surface area contributed by atoms with Crippen LogP contribution in [0.1, 0.15) is 38.0 Å². The second kappa shape index (κ2) is 7.72. The first-order valence-electron chi connectivity index (χ1n) is 7.73. The zero-order valence-electron chi connectivity index (χ0n) is 14.0. The van der Waals surface area contributed by atoms with Crippen molar-refractivity contribution in [2.75, 3.05) is 6.54 Å². The van der Waals surface area contributed by atoms with E-state index in [1.165, 1.54) is 12.1 Å². The van der Waals surface area contributed by atoms with Gasteiger partial charge in [0, 0.05) is 24.8 Å². The number of ether oxygens (including phenoxy) is 1. The van der Waals surface area contributed by atoms with E-state index in [0.717, 1.165) is 5.56 Å². The van der Waals surface area contributed by atoms with Gasteiger partial charge in [0.15, 0.2) is 0 Å². The van der Waals surface area contributed by atoms with Crippen molar-refractivity contribution in [3.63, 3.8) is 0 Å². The van der Waals surface area contributed by atoms with Crippen LogP contribution in [-0.2, 0) is 12.1 Å². The lowest BCUT2D eigenvalue weighted by Gasteiger charge is -2.18. The maximum absolute atomic E-state index is 12.2. The molecule has 0 saturated heterocycles. The SMILES string of the molecule is CC(C)(C)n1cc(CNCC(O)c2cccc(OC(F)F)c2)cn1. The number of hydrogen-bond acceptors (Lipinski definition) is 4. The van der Waals surface area contributed by atoms with Gasteiger partial charge in [0.2, 0.25) is 0 Å². The van der Waals surface area contributed by atoms with Crippen LogP contribution in [0, 0.1) is 0 Å². The van der Waals surface area contributed by atoms with Crippen molar-refractivity contribution in [3.05, 3.63) is 47.8 Å². The number of aliphatic hydroxyl groups is 1. The average molecular weight is 339 g/mol. The van der Waals surface area contributed by atoms with Gasteiger partial charge in [-0.15, -0.1) is 0 Å². The monoisotopic (exact) mass is 339 g/mol. The Balaban J connectivity index is 1.87. The molecule has 0 fully saturated rings. The van der Waals surface area contributed by atoms with Crippen LogP contribution in [-0.4, -0.2) is 28.0 Å². The normalized spacial score (nSPS) is 13.3. The highest BCUT2D eigenvalue weighted by atomic mass is 19.3. The number of alkyl halides is 2. The van der Waals surface area contributed by atoms with Gasteiger partial charge in [-0.1, -0.05) is 12.1 Å². The van der Waals surface area contributed by atoms with Crippen molar-refractivity contribution in [2.24, 2.45) is 0 Å². The van der Waals surface area contributed by atoms with Crippen molar-refractivity contribution >= 4 is 0 Å². The third-order valence-electron chi connectivity index (χ3n) is 3.46. The summed E-state index contributed by atoms with van der Waals surface area (Å²) in [6.45, 7) is 4.16. The number of aliphatic hydroxyl groups excluding tert-OH is 1. The van der Waals surface area contributed by atoms with E-state index in [2.05, 4.69) is 35.9 Å². The smallest absolute Gasteiger partial charge is 0.387 e. The zero-order valence-corrected chi connectivity index (χ0v) is 14.0. The lowest BCUT2D eigenvalue weighted by Crippen LogP contribution is -2.22. The van der Waals surface area contributed by atoms with Crippen LogP contribution in [0.25, 0.3) is 0 Å². The Morgan fingerprint density at radius 2 is 2.08 bits per heavy atom. The third-order valence-corrected chi connectivity index (χ3v) is 3.46. The fraction of sp³-hybridized carbons (Fsp3) is 0.471. The Labute approximate surface area is 140 Å². The number of nitrogens with zero attached hydrogens (tertiary/aromatic N) is 2. The Hall–Kier alpha value is -1.99. The molecule has 0 aliphatic rings. The predicted octanol–water partition coefficient (Wildman–Crippen LogP) is 3.06. The van der Waals surface area contributed by atoms with Crippen LogP contribution in [0.5, 0.6) is 5.75 Å². The van der Waals surface area contributed by atoms with Gasteiger partial charge < -0.3 is 15.2 Å². The van der Waals surface area contributed by atoms with Crippen molar-refractivity contribution in [2.45, 2.75) is 45.6 Å². The highest BCUT2D eigenvalue weighted by Crippen LogP contribution is 2.20. The Morgan fingerprint density at radius 1 is 1.33 bits per heavy atom. The molecule has 1 heterocycles. The van der Waals surface area contributed by atoms with Gasteiger partial charge in [-0.25, -0.2) is 0 Å². The number of halogens is 2. The molecule has 1 unspecified atom stereocenters. The van der Waals surface area contributed by atoms with Gasteiger partial charge in [0.1, 0.15) is 5.75 Å². The van der Waals surface area contributed by atoms with E-state index in [4.69, 9.17) is 0 Å². The Bertz CT molecular complexity index is 653. The summed E-state index contributed by atoms with van der Waals surface area (Å²) in [5, 5.41) is 17.6. The molecular formula is C17H23F2N3O2. The van der Waals surface area contributed by atoms with Gasteiger partial charge >= 0.3 is 6.61 Å². The van der Waals surface area contributed by atoms with Crippen LogP contribution in [0.2, 0.25) is 0 Å². The molecule has 0 saturated carbocycles. The molecule has 1 aromatic carbocycles. The maximum Gasteiger partial charge on any atom is 0.387 e. The van der Waals surface area contributed by atoms with E-state index in [1.807, 2.05) is 10.9 Å². The van der Waals surface area contributed by atoms with Crippen molar-refractivity contribution in [1.29, 1.82) is 0 Å². The summed E-state index contributed by atoms with van der Waals surface area (Å²) in [5.74, 6) is 0.0352. The molecule has 0 amide bonds. The minimum absolute atomic E-state index is 0.0352. The molecule has 24 heavy (non-hydrogen) atoms. The molecule has 0 radical (unpaired) electrons. The summed E-state index contributed by atoms with van der Waals surface area (Å²) in [6, 6.07) is 6.08. The van der Waals surface area contributed by atoms with Crippen LogP contribution < -0.4 is 10.1 Å². The Morgan fingerprint density at radius 3 is 2.71 bits per heavy atom. The van der Waals surface area contributed by atoms with Crippen molar-refractivity contribution in [3.8, 4) is 5.75 Å². The molecule has 0 aliphatic carbocycles. The van der Waals surface area contributed by atoms with Gasteiger partial charge in [-0.05, 0) is 38.5 Å². The topological polar surface area (TPSA) is 59.3 Å². The van der Waals surface area contributed by atoms with Gasteiger partial charge in [-0.3, -0.25) is 4.68 Å². The molecule has 0 aliphatic heterocycles. The zero-order chi connectivity index (χ0) is 17.7. The van der Waals surface area contributed by atoms with E-state index in [9.17, 15) is 13.9 Å². The van der Waals surface area contributed by atoms with E-state index in [1.54, 1.807) is 18.3 Å². The highest BCUT2D eigenvalue weighted by Gasteiger charge is 2.14.